The van der Waals surface area contributed by atoms with Crippen molar-refractivity contribution in [2.24, 2.45) is 0 Å². The molecule has 1 atom stereocenters. The van der Waals surface area contributed by atoms with Crippen LogP contribution in [0.25, 0.3) is 11.0 Å². The zero-order chi connectivity index (χ0) is 25.3. The summed E-state index contributed by atoms with van der Waals surface area (Å²) in [6, 6.07) is 10.4. The molecule has 1 unspecified atom stereocenters. The molecule has 6 nitrogen and oxygen atoms in total. The van der Waals surface area contributed by atoms with Crippen molar-refractivity contribution in [3.8, 4) is 5.75 Å². The minimum Gasteiger partial charge on any atom is -0.491 e. The Hall–Kier alpha value is -2.83. The van der Waals surface area contributed by atoms with Gasteiger partial charge in [0.05, 0.1) is 23.1 Å². The van der Waals surface area contributed by atoms with Crippen molar-refractivity contribution in [2.45, 2.75) is 53.2 Å². The van der Waals surface area contributed by atoms with Gasteiger partial charge in [-0.1, -0.05) is 37.6 Å². The molecule has 0 bridgehead atoms. The molecule has 0 aliphatic carbocycles. The van der Waals surface area contributed by atoms with E-state index in [1.54, 1.807) is 17.0 Å². The van der Waals surface area contributed by atoms with Gasteiger partial charge in [0.2, 0.25) is 5.76 Å². The van der Waals surface area contributed by atoms with Crippen LogP contribution in [0.1, 0.15) is 67.4 Å². The van der Waals surface area contributed by atoms with Crippen LogP contribution in [0.5, 0.6) is 5.75 Å². The Morgan fingerprint density at radius 3 is 2.57 bits per heavy atom. The summed E-state index contributed by atoms with van der Waals surface area (Å²) in [4.78, 5) is 31.5. The van der Waals surface area contributed by atoms with Crippen molar-refractivity contribution in [3.05, 3.63) is 74.1 Å². The molecular formula is C28H33ClN2O4. The fraction of sp³-hybridized carbons (Fsp3) is 0.429. The van der Waals surface area contributed by atoms with E-state index in [2.05, 4.69) is 18.7 Å². The van der Waals surface area contributed by atoms with Gasteiger partial charge < -0.3 is 19.0 Å². The van der Waals surface area contributed by atoms with Crippen LogP contribution in [-0.2, 0) is 0 Å². The number of ether oxygens (including phenoxy) is 1. The number of benzene rings is 2. The van der Waals surface area contributed by atoms with Gasteiger partial charge in [-0.2, -0.15) is 0 Å². The largest absolute Gasteiger partial charge is 0.491 e. The molecule has 7 heteroatoms. The summed E-state index contributed by atoms with van der Waals surface area (Å²) < 4.78 is 12.0. The van der Waals surface area contributed by atoms with E-state index in [-0.39, 0.29) is 23.2 Å². The second-order valence-corrected chi connectivity index (χ2v) is 9.70. The predicted octanol–water partition coefficient (Wildman–Crippen LogP) is 5.82. The first-order valence-corrected chi connectivity index (χ1v) is 12.7. The van der Waals surface area contributed by atoms with Gasteiger partial charge >= 0.3 is 0 Å². The maximum atomic E-state index is 13.8. The minimum atomic E-state index is -0.550. The average molecular weight is 497 g/mol. The number of rotatable bonds is 9. The molecule has 1 aromatic heterocycles. The second-order valence-electron chi connectivity index (χ2n) is 9.29. The Labute approximate surface area is 211 Å². The van der Waals surface area contributed by atoms with Crippen LogP contribution in [-0.4, -0.2) is 48.0 Å². The van der Waals surface area contributed by atoms with E-state index in [1.165, 1.54) is 0 Å². The zero-order valence-electron chi connectivity index (χ0n) is 21.1. The fourth-order valence-electron chi connectivity index (χ4n) is 4.75. The number of hydrogen-bond acceptors (Lipinski definition) is 5. The molecule has 186 valence electrons. The molecule has 0 saturated heterocycles. The van der Waals surface area contributed by atoms with Crippen LogP contribution in [0.2, 0.25) is 5.02 Å². The van der Waals surface area contributed by atoms with Crippen molar-refractivity contribution in [1.29, 1.82) is 0 Å². The van der Waals surface area contributed by atoms with Crippen LogP contribution < -0.4 is 10.2 Å². The number of aryl methyl sites for hydroxylation is 1. The molecule has 2 aromatic carbocycles. The molecule has 2 heterocycles. The molecule has 0 spiro atoms. The Morgan fingerprint density at radius 2 is 1.89 bits per heavy atom. The van der Waals surface area contributed by atoms with Crippen molar-refractivity contribution < 1.29 is 13.9 Å². The summed E-state index contributed by atoms with van der Waals surface area (Å²) in [5.41, 5.74) is 2.14. The summed E-state index contributed by atoms with van der Waals surface area (Å²) in [7, 11) is 0. The van der Waals surface area contributed by atoms with Gasteiger partial charge in [-0.05, 0) is 82.2 Å². The highest BCUT2D eigenvalue weighted by Crippen LogP contribution is 2.39. The highest BCUT2D eigenvalue weighted by Gasteiger charge is 2.42. The lowest BCUT2D eigenvalue weighted by molar-refractivity contribution is 0.0719. The van der Waals surface area contributed by atoms with Gasteiger partial charge in [-0.15, -0.1) is 0 Å². The highest BCUT2D eigenvalue weighted by molar-refractivity contribution is 6.32. The molecule has 4 rings (SSSR count). The van der Waals surface area contributed by atoms with Crippen molar-refractivity contribution >= 4 is 28.5 Å². The van der Waals surface area contributed by atoms with Gasteiger partial charge in [0.1, 0.15) is 11.3 Å². The van der Waals surface area contributed by atoms with Crippen LogP contribution in [0, 0.1) is 6.92 Å². The molecule has 0 radical (unpaired) electrons. The molecule has 0 fully saturated rings. The lowest BCUT2D eigenvalue weighted by atomic mass is 9.98. The van der Waals surface area contributed by atoms with Crippen LogP contribution in [0.3, 0.4) is 0 Å². The zero-order valence-corrected chi connectivity index (χ0v) is 21.8. The molecular weight excluding hydrogens is 464 g/mol. The highest BCUT2D eigenvalue weighted by atomic mass is 35.5. The Balaban J connectivity index is 1.83. The molecule has 3 aromatic rings. The Kier molecular flexibility index (Phi) is 7.53. The summed E-state index contributed by atoms with van der Waals surface area (Å²) in [6.07, 6.45) is 0.797. The molecule has 35 heavy (non-hydrogen) atoms. The lowest BCUT2D eigenvalue weighted by Crippen LogP contribution is -2.33. The monoisotopic (exact) mass is 496 g/mol. The van der Waals surface area contributed by atoms with Crippen molar-refractivity contribution in [1.82, 2.24) is 9.80 Å². The summed E-state index contributed by atoms with van der Waals surface area (Å²) in [6.45, 7) is 13.3. The number of carbonyl (C=O) groups excluding carboxylic acids is 1. The topological polar surface area (TPSA) is 63.0 Å². The van der Waals surface area contributed by atoms with E-state index in [0.29, 0.717) is 33.8 Å². The SMILES string of the molecule is CCN(CC)CCCN1C(=O)c2oc3cc(C)c(Cl)cc3c(=O)c2C1c1cccc(OC(C)C)c1. The third-order valence-electron chi connectivity index (χ3n) is 6.56. The normalized spacial score (nSPS) is 15.5. The van der Waals surface area contributed by atoms with E-state index >= 15 is 0 Å². The number of hydrogen-bond donors (Lipinski definition) is 0. The van der Waals surface area contributed by atoms with Gasteiger partial charge in [0.15, 0.2) is 5.43 Å². The smallest absolute Gasteiger partial charge is 0.290 e. The number of amides is 1. The van der Waals surface area contributed by atoms with E-state index in [1.807, 2.05) is 45.0 Å². The average Bonchev–Trinajstić information content (AvgIpc) is 3.10. The van der Waals surface area contributed by atoms with Gasteiger partial charge in [0, 0.05) is 11.6 Å². The quantitative estimate of drug-likeness (QED) is 0.373. The first kappa shape index (κ1) is 25.3. The van der Waals surface area contributed by atoms with Gasteiger partial charge in [-0.25, -0.2) is 0 Å². The predicted molar refractivity (Wildman–Crippen MR) is 140 cm³/mol. The van der Waals surface area contributed by atoms with Gasteiger partial charge in [-0.3, -0.25) is 9.59 Å². The van der Waals surface area contributed by atoms with Crippen molar-refractivity contribution in [3.63, 3.8) is 0 Å². The van der Waals surface area contributed by atoms with E-state index < -0.39 is 6.04 Å². The molecule has 1 aliphatic rings. The molecule has 1 amide bonds. The van der Waals surface area contributed by atoms with E-state index in [9.17, 15) is 9.59 Å². The maximum Gasteiger partial charge on any atom is 0.290 e. The minimum absolute atomic E-state index is 0.00677. The maximum absolute atomic E-state index is 13.8. The summed E-state index contributed by atoms with van der Waals surface area (Å²) in [5.74, 6) is 0.559. The van der Waals surface area contributed by atoms with Gasteiger partial charge in [0.25, 0.3) is 5.91 Å². The van der Waals surface area contributed by atoms with Crippen LogP contribution in [0.4, 0.5) is 0 Å². The fourth-order valence-corrected chi connectivity index (χ4v) is 4.92. The van der Waals surface area contributed by atoms with E-state index in [4.69, 9.17) is 20.8 Å². The third kappa shape index (κ3) is 4.95. The van der Waals surface area contributed by atoms with Crippen molar-refractivity contribution in [2.75, 3.05) is 26.2 Å². The summed E-state index contributed by atoms with van der Waals surface area (Å²) >= 11 is 6.34. The van der Waals surface area contributed by atoms with Crippen LogP contribution >= 0.6 is 11.6 Å². The number of halogens is 1. The standard InChI is InChI=1S/C28H33ClN2O4/c1-6-30(7-2)12-9-13-31-25(19-10-8-11-20(15-19)34-17(3)4)24-26(32)21-16-22(29)18(5)14-23(21)35-27(24)28(31)33/h8,10-11,14-17,25H,6-7,9,12-13H2,1-5H3. The number of nitrogens with zero attached hydrogens (tertiary/aromatic N) is 2. The first-order valence-electron chi connectivity index (χ1n) is 12.3. The van der Waals surface area contributed by atoms with E-state index in [0.717, 1.165) is 37.2 Å². The molecule has 0 saturated carbocycles. The molecule has 1 aliphatic heterocycles. The number of carbonyl (C=O) groups is 1. The van der Waals surface area contributed by atoms with Crippen LogP contribution in [0.15, 0.2) is 45.6 Å². The Morgan fingerprint density at radius 1 is 1.14 bits per heavy atom. The third-order valence-corrected chi connectivity index (χ3v) is 6.97. The Bertz CT molecular complexity index is 1300. The second kappa shape index (κ2) is 10.4. The first-order chi connectivity index (χ1) is 16.7. The number of fused-ring (bicyclic) bond motifs is 2. The summed E-state index contributed by atoms with van der Waals surface area (Å²) in [5, 5.41) is 0.880. The molecule has 0 N–H and O–H groups in total. The lowest BCUT2D eigenvalue weighted by Gasteiger charge is -2.27.